The van der Waals surface area contributed by atoms with E-state index < -0.39 is 5.91 Å². The number of rotatable bonds is 5. The summed E-state index contributed by atoms with van der Waals surface area (Å²) in [6.45, 7) is 3.52. The van der Waals surface area contributed by atoms with Crippen LogP contribution in [0.25, 0.3) is 0 Å². The molecular formula is C22H24BrN3O2. The minimum atomic E-state index is -0.402. The first-order chi connectivity index (χ1) is 13.5. The molecule has 6 heteroatoms. The Morgan fingerprint density at radius 3 is 2.61 bits per heavy atom. The summed E-state index contributed by atoms with van der Waals surface area (Å²) < 4.78 is 1.10. The van der Waals surface area contributed by atoms with Gasteiger partial charge in [-0.3, -0.25) is 14.5 Å². The number of primary amides is 1. The topological polar surface area (TPSA) is 66.6 Å². The van der Waals surface area contributed by atoms with Gasteiger partial charge in [0.2, 0.25) is 5.91 Å². The zero-order valence-corrected chi connectivity index (χ0v) is 17.3. The molecule has 2 aliphatic rings. The van der Waals surface area contributed by atoms with Crippen molar-refractivity contribution in [2.24, 2.45) is 5.73 Å². The third-order valence-corrected chi connectivity index (χ3v) is 6.20. The first-order valence-electron chi connectivity index (χ1n) is 9.68. The fraction of sp³-hybridized carbons (Fsp3) is 0.364. The Hall–Kier alpha value is -2.18. The molecular weight excluding hydrogens is 418 g/mol. The number of likely N-dealkylation sites (tertiary alicyclic amines) is 1. The van der Waals surface area contributed by atoms with Crippen LogP contribution in [0.1, 0.15) is 39.9 Å². The van der Waals surface area contributed by atoms with E-state index in [0.29, 0.717) is 12.1 Å². The molecule has 0 aliphatic carbocycles. The molecule has 2 amide bonds. The second kappa shape index (κ2) is 8.05. The molecule has 2 N–H and O–H groups in total. The van der Waals surface area contributed by atoms with Gasteiger partial charge in [-0.05, 0) is 41.7 Å². The van der Waals surface area contributed by atoms with Gasteiger partial charge in [-0.15, -0.1) is 0 Å². The van der Waals surface area contributed by atoms with E-state index in [0.717, 1.165) is 48.1 Å². The normalized spacial score (nSPS) is 17.8. The molecule has 2 aromatic carbocycles. The van der Waals surface area contributed by atoms with Gasteiger partial charge in [-0.25, -0.2) is 0 Å². The number of amides is 2. The summed E-state index contributed by atoms with van der Waals surface area (Å²) in [5.41, 5.74) is 9.12. The molecule has 0 saturated carbocycles. The van der Waals surface area contributed by atoms with Gasteiger partial charge < -0.3 is 10.6 Å². The van der Waals surface area contributed by atoms with Gasteiger partial charge in [0, 0.05) is 42.3 Å². The third kappa shape index (κ3) is 3.98. The molecule has 2 aliphatic heterocycles. The summed E-state index contributed by atoms with van der Waals surface area (Å²) in [4.78, 5) is 28.9. The molecule has 4 rings (SSSR count). The Balaban J connectivity index is 1.40. The summed E-state index contributed by atoms with van der Waals surface area (Å²) in [5.74, 6) is -0.349. The maximum absolute atomic E-state index is 13.1. The van der Waals surface area contributed by atoms with E-state index in [9.17, 15) is 9.59 Å². The van der Waals surface area contributed by atoms with Crippen LogP contribution in [-0.4, -0.2) is 40.7 Å². The van der Waals surface area contributed by atoms with Crippen molar-refractivity contribution in [2.75, 3.05) is 13.1 Å². The van der Waals surface area contributed by atoms with Crippen molar-refractivity contribution >= 4 is 27.7 Å². The lowest BCUT2D eigenvalue weighted by atomic mass is 10.0. The first-order valence-corrected chi connectivity index (χ1v) is 10.5. The van der Waals surface area contributed by atoms with Gasteiger partial charge in [0.25, 0.3) is 5.91 Å². The second-order valence-corrected chi connectivity index (χ2v) is 8.58. The van der Waals surface area contributed by atoms with Crippen LogP contribution in [0.3, 0.4) is 0 Å². The molecule has 0 aromatic heterocycles. The monoisotopic (exact) mass is 441 g/mol. The van der Waals surface area contributed by atoms with Gasteiger partial charge in [-0.2, -0.15) is 0 Å². The highest BCUT2D eigenvalue weighted by Crippen LogP contribution is 2.31. The molecule has 0 spiro atoms. The molecule has 2 aromatic rings. The van der Waals surface area contributed by atoms with Crippen LogP contribution >= 0.6 is 15.9 Å². The smallest absolute Gasteiger partial charge is 0.255 e. The van der Waals surface area contributed by atoms with Gasteiger partial charge in [0.15, 0.2) is 0 Å². The maximum Gasteiger partial charge on any atom is 0.255 e. The van der Waals surface area contributed by atoms with Crippen molar-refractivity contribution in [3.63, 3.8) is 0 Å². The van der Waals surface area contributed by atoms with E-state index in [1.54, 1.807) is 0 Å². The lowest BCUT2D eigenvalue weighted by Gasteiger charge is -2.36. The molecule has 0 unspecified atom stereocenters. The Morgan fingerprint density at radius 1 is 1.14 bits per heavy atom. The number of nitrogens with two attached hydrogens (primary N) is 1. The van der Waals surface area contributed by atoms with Crippen molar-refractivity contribution in [1.82, 2.24) is 9.80 Å². The van der Waals surface area contributed by atoms with Gasteiger partial charge in [0.05, 0.1) is 6.42 Å². The Bertz CT molecular complexity index is 906. The van der Waals surface area contributed by atoms with Crippen LogP contribution in [0.4, 0.5) is 0 Å². The van der Waals surface area contributed by atoms with Crippen LogP contribution in [-0.2, 0) is 24.3 Å². The molecule has 5 nitrogen and oxygen atoms in total. The number of hydrogen-bond donors (Lipinski definition) is 1. The van der Waals surface area contributed by atoms with Crippen molar-refractivity contribution in [3.05, 3.63) is 69.2 Å². The summed E-state index contributed by atoms with van der Waals surface area (Å²) in [5, 5.41) is 0. The van der Waals surface area contributed by atoms with Crippen LogP contribution < -0.4 is 5.73 Å². The predicted octanol–water partition coefficient (Wildman–Crippen LogP) is 3.10. The number of carbonyl (C=O) groups excluding carboxylic acids is 2. The Kier molecular flexibility index (Phi) is 5.51. The minimum absolute atomic E-state index is 0.0530. The molecule has 0 radical (unpaired) electrons. The summed E-state index contributed by atoms with van der Waals surface area (Å²) in [7, 11) is 0. The van der Waals surface area contributed by atoms with E-state index in [1.807, 2.05) is 29.2 Å². The van der Waals surface area contributed by atoms with E-state index in [4.69, 9.17) is 5.73 Å². The first kappa shape index (κ1) is 19.2. The van der Waals surface area contributed by atoms with Crippen molar-refractivity contribution in [3.8, 4) is 0 Å². The summed E-state index contributed by atoms with van der Waals surface area (Å²) >= 11 is 3.53. The van der Waals surface area contributed by atoms with E-state index in [2.05, 4.69) is 39.0 Å². The van der Waals surface area contributed by atoms with Crippen molar-refractivity contribution in [1.29, 1.82) is 0 Å². The second-order valence-electron chi connectivity index (χ2n) is 7.66. The average molecular weight is 442 g/mol. The van der Waals surface area contributed by atoms with Crippen LogP contribution in [0.15, 0.2) is 46.9 Å². The number of carbonyl (C=O) groups is 2. The SMILES string of the molecule is NC(=O)Cc1cccc2c1C(=O)N(C1CCN(Cc3cccc(Br)c3)CC1)C2. The largest absolute Gasteiger partial charge is 0.369 e. The van der Waals surface area contributed by atoms with Crippen LogP contribution in [0.5, 0.6) is 0 Å². The third-order valence-electron chi connectivity index (χ3n) is 5.71. The molecule has 2 heterocycles. The Morgan fingerprint density at radius 2 is 1.89 bits per heavy atom. The Labute approximate surface area is 173 Å². The van der Waals surface area contributed by atoms with Crippen LogP contribution in [0, 0.1) is 0 Å². The van der Waals surface area contributed by atoms with Crippen molar-refractivity contribution in [2.45, 2.75) is 38.4 Å². The van der Waals surface area contributed by atoms with Gasteiger partial charge in [0.1, 0.15) is 0 Å². The molecule has 0 bridgehead atoms. The van der Waals surface area contributed by atoms with Gasteiger partial charge >= 0.3 is 0 Å². The number of hydrogen-bond acceptors (Lipinski definition) is 3. The number of benzene rings is 2. The fourth-order valence-corrected chi connectivity index (χ4v) is 4.82. The minimum Gasteiger partial charge on any atom is -0.369 e. The summed E-state index contributed by atoms with van der Waals surface area (Å²) in [6, 6.07) is 14.4. The molecule has 0 atom stereocenters. The quantitative estimate of drug-likeness (QED) is 0.774. The average Bonchev–Trinajstić information content (AvgIpc) is 3.00. The molecule has 146 valence electrons. The fourth-order valence-electron chi connectivity index (χ4n) is 4.37. The van der Waals surface area contributed by atoms with E-state index in [-0.39, 0.29) is 18.4 Å². The van der Waals surface area contributed by atoms with Gasteiger partial charge in [-0.1, -0.05) is 46.3 Å². The van der Waals surface area contributed by atoms with Crippen molar-refractivity contribution < 1.29 is 9.59 Å². The predicted molar refractivity (Wildman–Crippen MR) is 112 cm³/mol. The van der Waals surface area contributed by atoms with Crippen LogP contribution in [0.2, 0.25) is 0 Å². The molecule has 1 fully saturated rings. The number of fused-ring (bicyclic) bond motifs is 1. The number of piperidine rings is 1. The molecule has 28 heavy (non-hydrogen) atoms. The van der Waals surface area contributed by atoms with E-state index in [1.165, 1.54) is 5.56 Å². The highest BCUT2D eigenvalue weighted by Gasteiger charge is 2.35. The number of nitrogens with zero attached hydrogens (tertiary/aromatic N) is 2. The molecule has 1 saturated heterocycles. The zero-order chi connectivity index (χ0) is 19.7. The standard InChI is InChI=1S/C22H24BrN3O2/c23-18-6-1-3-15(11-18)13-25-9-7-19(8-10-25)26-14-17-5-2-4-16(12-20(24)27)21(17)22(26)28/h1-6,11,19H,7-10,12-14H2,(H2,24,27). The highest BCUT2D eigenvalue weighted by molar-refractivity contribution is 9.10. The zero-order valence-electron chi connectivity index (χ0n) is 15.7. The maximum atomic E-state index is 13.1. The summed E-state index contributed by atoms with van der Waals surface area (Å²) in [6.07, 6.45) is 2.06. The highest BCUT2D eigenvalue weighted by atomic mass is 79.9. The number of halogens is 1. The lowest BCUT2D eigenvalue weighted by molar-refractivity contribution is -0.117. The lowest BCUT2D eigenvalue weighted by Crippen LogP contribution is -2.44. The van der Waals surface area contributed by atoms with E-state index >= 15 is 0 Å².